The van der Waals surface area contributed by atoms with Crippen LogP contribution in [0.5, 0.6) is 0 Å². The summed E-state index contributed by atoms with van der Waals surface area (Å²) in [5.41, 5.74) is 1.12. The Labute approximate surface area is 172 Å². The molecule has 8 nitrogen and oxygen atoms in total. The van der Waals surface area contributed by atoms with Crippen molar-refractivity contribution in [1.82, 2.24) is 9.55 Å². The SMILES string of the molecule is CCCC(=O)Nc1ccc(C(=O)COC(=O)Cn2cnc3ccccc3c2=O)cc1. The quantitative estimate of drug-likeness (QED) is 0.454. The number of fused-ring (bicyclic) bond motifs is 1. The zero-order chi connectivity index (χ0) is 21.5. The Hall–Kier alpha value is -3.81. The van der Waals surface area contributed by atoms with Gasteiger partial charge in [-0.3, -0.25) is 23.7 Å². The molecule has 154 valence electrons. The molecule has 1 aromatic heterocycles. The molecule has 3 rings (SSSR count). The van der Waals surface area contributed by atoms with Gasteiger partial charge in [0.05, 0.1) is 17.2 Å². The number of Topliss-reactive ketones (excluding diaryl/α,β-unsaturated/α-hetero) is 1. The van der Waals surface area contributed by atoms with Crippen molar-refractivity contribution in [3.8, 4) is 0 Å². The van der Waals surface area contributed by atoms with Crippen LogP contribution in [0.4, 0.5) is 5.69 Å². The standard InChI is InChI=1S/C22H21N3O5/c1-2-5-20(27)24-16-10-8-15(9-11-16)19(26)13-30-21(28)12-25-14-23-18-7-4-3-6-17(18)22(25)29/h3-4,6-11,14H,2,5,12-13H2,1H3,(H,24,27). The highest BCUT2D eigenvalue weighted by Gasteiger charge is 2.13. The van der Waals surface area contributed by atoms with Crippen LogP contribution in [-0.4, -0.2) is 33.8 Å². The average Bonchev–Trinajstić information content (AvgIpc) is 2.75. The Morgan fingerprint density at radius 3 is 2.53 bits per heavy atom. The molecule has 1 heterocycles. The number of rotatable bonds is 8. The van der Waals surface area contributed by atoms with Crippen LogP contribution in [0.3, 0.4) is 0 Å². The maximum Gasteiger partial charge on any atom is 0.326 e. The van der Waals surface area contributed by atoms with Crippen LogP contribution in [0.2, 0.25) is 0 Å². The van der Waals surface area contributed by atoms with Gasteiger partial charge in [-0.2, -0.15) is 0 Å². The molecule has 0 aliphatic carbocycles. The van der Waals surface area contributed by atoms with E-state index in [0.717, 1.165) is 11.0 Å². The van der Waals surface area contributed by atoms with E-state index < -0.39 is 18.4 Å². The Morgan fingerprint density at radius 1 is 1.07 bits per heavy atom. The normalized spacial score (nSPS) is 10.6. The molecule has 0 fully saturated rings. The van der Waals surface area contributed by atoms with Crippen molar-refractivity contribution in [2.75, 3.05) is 11.9 Å². The number of ether oxygens (including phenoxy) is 1. The van der Waals surface area contributed by atoms with Crippen LogP contribution < -0.4 is 10.9 Å². The van der Waals surface area contributed by atoms with E-state index in [2.05, 4.69) is 10.3 Å². The van der Waals surface area contributed by atoms with Crippen molar-refractivity contribution in [2.45, 2.75) is 26.3 Å². The highest BCUT2D eigenvalue weighted by atomic mass is 16.5. The van der Waals surface area contributed by atoms with E-state index in [1.165, 1.54) is 6.33 Å². The van der Waals surface area contributed by atoms with Crippen molar-refractivity contribution in [2.24, 2.45) is 0 Å². The van der Waals surface area contributed by atoms with Gasteiger partial charge < -0.3 is 10.1 Å². The highest BCUT2D eigenvalue weighted by molar-refractivity contribution is 5.98. The first-order valence-electron chi connectivity index (χ1n) is 9.51. The predicted molar refractivity (Wildman–Crippen MR) is 111 cm³/mol. The number of carbonyl (C=O) groups is 3. The molecule has 3 aromatic rings. The number of para-hydroxylation sites is 1. The van der Waals surface area contributed by atoms with Crippen LogP contribution in [0.15, 0.2) is 59.7 Å². The number of amides is 1. The summed E-state index contributed by atoms with van der Waals surface area (Å²) in [6.45, 7) is 1.12. The first-order valence-corrected chi connectivity index (χ1v) is 9.51. The summed E-state index contributed by atoms with van der Waals surface area (Å²) in [5.74, 6) is -1.20. The molecular weight excluding hydrogens is 386 g/mol. The first-order chi connectivity index (χ1) is 14.5. The number of esters is 1. The second-order valence-corrected chi connectivity index (χ2v) is 6.65. The maximum absolute atomic E-state index is 12.4. The van der Waals surface area contributed by atoms with Crippen molar-refractivity contribution in [3.05, 3.63) is 70.8 Å². The molecule has 1 N–H and O–H groups in total. The summed E-state index contributed by atoms with van der Waals surface area (Å²) in [6, 6.07) is 13.2. The Bertz CT molecular complexity index is 1140. The molecule has 0 aliphatic rings. The topological polar surface area (TPSA) is 107 Å². The van der Waals surface area contributed by atoms with Gasteiger partial charge in [0.1, 0.15) is 6.54 Å². The van der Waals surface area contributed by atoms with Crippen LogP contribution in [0, 0.1) is 0 Å². The molecule has 0 saturated carbocycles. The maximum atomic E-state index is 12.4. The Kier molecular flexibility index (Phi) is 6.69. The van der Waals surface area contributed by atoms with Gasteiger partial charge in [-0.05, 0) is 42.8 Å². The lowest BCUT2D eigenvalue weighted by Crippen LogP contribution is -2.26. The van der Waals surface area contributed by atoms with Gasteiger partial charge in [-0.15, -0.1) is 0 Å². The summed E-state index contributed by atoms with van der Waals surface area (Å²) in [7, 11) is 0. The van der Waals surface area contributed by atoms with E-state index in [1.807, 2.05) is 6.92 Å². The summed E-state index contributed by atoms with van der Waals surface area (Å²) in [5, 5.41) is 3.13. The Balaban J connectivity index is 1.56. The van der Waals surface area contributed by atoms with Crippen molar-refractivity contribution < 1.29 is 19.1 Å². The smallest absolute Gasteiger partial charge is 0.326 e. The lowest BCUT2D eigenvalue weighted by molar-refractivity contribution is -0.143. The number of nitrogens with one attached hydrogen (secondary N) is 1. The van der Waals surface area contributed by atoms with E-state index in [9.17, 15) is 19.2 Å². The van der Waals surface area contributed by atoms with E-state index in [-0.39, 0.29) is 18.0 Å². The number of aromatic nitrogens is 2. The molecule has 2 aromatic carbocycles. The number of ketones is 1. The number of hydrogen-bond acceptors (Lipinski definition) is 6. The highest BCUT2D eigenvalue weighted by Crippen LogP contribution is 2.11. The third kappa shape index (κ3) is 5.16. The van der Waals surface area contributed by atoms with Crippen molar-refractivity contribution >= 4 is 34.3 Å². The zero-order valence-electron chi connectivity index (χ0n) is 16.5. The summed E-state index contributed by atoms with van der Waals surface area (Å²) < 4.78 is 6.15. The van der Waals surface area contributed by atoms with Crippen molar-refractivity contribution in [3.63, 3.8) is 0 Å². The predicted octanol–water partition coefficient (Wildman–Crippen LogP) is 2.56. The van der Waals surface area contributed by atoms with Gasteiger partial charge in [0.2, 0.25) is 5.91 Å². The van der Waals surface area contributed by atoms with Crippen LogP contribution >= 0.6 is 0 Å². The minimum Gasteiger partial charge on any atom is -0.456 e. The number of anilines is 1. The molecule has 0 atom stereocenters. The molecule has 8 heteroatoms. The first kappa shape index (κ1) is 20.9. The van der Waals surface area contributed by atoms with Crippen LogP contribution in [-0.2, 0) is 20.9 Å². The zero-order valence-corrected chi connectivity index (χ0v) is 16.5. The van der Waals surface area contributed by atoms with Crippen LogP contribution in [0.1, 0.15) is 30.1 Å². The Morgan fingerprint density at radius 2 is 1.80 bits per heavy atom. The summed E-state index contributed by atoms with van der Waals surface area (Å²) >= 11 is 0. The van der Waals surface area contributed by atoms with Gasteiger partial charge in [-0.1, -0.05) is 19.1 Å². The molecule has 30 heavy (non-hydrogen) atoms. The molecular formula is C22H21N3O5. The third-order valence-corrected chi connectivity index (χ3v) is 4.36. The van der Waals surface area contributed by atoms with Gasteiger partial charge >= 0.3 is 5.97 Å². The number of nitrogens with zero attached hydrogens (tertiary/aromatic N) is 2. The molecule has 0 radical (unpaired) electrons. The second-order valence-electron chi connectivity index (χ2n) is 6.65. The largest absolute Gasteiger partial charge is 0.456 e. The molecule has 0 saturated heterocycles. The molecule has 1 amide bonds. The fraction of sp³-hybridized carbons (Fsp3) is 0.227. The number of hydrogen-bond donors (Lipinski definition) is 1. The summed E-state index contributed by atoms with van der Waals surface area (Å²) in [4.78, 5) is 52.4. The van der Waals surface area contributed by atoms with Gasteiger partial charge in [0.25, 0.3) is 5.56 Å². The van der Waals surface area contributed by atoms with E-state index in [4.69, 9.17) is 4.74 Å². The number of carbonyl (C=O) groups excluding carboxylic acids is 3. The van der Waals surface area contributed by atoms with E-state index in [0.29, 0.717) is 28.6 Å². The molecule has 0 bridgehead atoms. The van der Waals surface area contributed by atoms with Gasteiger partial charge in [0.15, 0.2) is 12.4 Å². The minimum atomic E-state index is -0.717. The van der Waals surface area contributed by atoms with E-state index >= 15 is 0 Å². The van der Waals surface area contributed by atoms with Crippen LogP contribution in [0.25, 0.3) is 10.9 Å². The molecule has 0 aliphatic heterocycles. The second kappa shape index (κ2) is 9.60. The third-order valence-electron chi connectivity index (χ3n) is 4.36. The molecule has 0 spiro atoms. The lowest BCUT2D eigenvalue weighted by Gasteiger charge is -2.08. The summed E-state index contributed by atoms with van der Waals surface area (Å²) in [6.07, 6.45) is 2.45. The molecule has 0 unspecified atom stereocenters. The monoisotopic (exact) mass is 407 g/mol. The fourth-order valence-corrected chi connectivity index (χ4v) is 2.82. The minimum absolute atomic E-state index is 0.0936. The average molecular weight is 407 g/mol. The van der Waals surface area contributed by atoms with Crippen molar-refractivity contribution in [1.29, 1.82) is 0 Å². The van der Waals surface area contributed by atoms with Gasteiger partial charge in [-0.25, -0.2) is 4.98 Å². The van der Waals surface area contributed by atoms with Gasteiger partial charge in [0, 0.05) is 17.7 Å². The number of benzene rings is 2. The fourth-order valence-electron chi connectivity index (χ4n) is 2.82. The lowest BCUT2D eigenvalue weighted by atomic mass is 10.1. The van der Waals surface area contributed by atoms with E-state index in [1.54, 1.807) is 48.5 Å².